The molecule has 0 aliphatic carbocycles. The molecule has 1 nitrogen and oxygen atoms in total. The zero-order valence-corrected chi connectivity index (χ0v) is 10.4. The molecular formula is C14H23N. The van der Waals surface area contributed by atoms with E-state index in [1.54, 1.807) is 0 Å². The largest absolute Gasteiger partial charge is 0.330 e. The molecule has 0 radical (unpaired) electrons. The third kappa shape index (κ3) is 2.82. The summed E-state index contributed by atoms with van der Waals surface area (Å²) in [6.07, 6.45) is 1.09. The van der Waals surface area contributed by atoms with E-state index in [1.807, 2.05) is 0 Å². The van der Waals surface area contributed by atoms with Crippen LogP contribution in [0.5, 0.6) is 0 Å². The summed E-state index contributed by atoms with van der Waals surface area (Å²) in [5, 5.41) is 0. The first kappa shape index (κ1) is 12.3. The summed E-state index contributed by atoms with van der Waals surface area (Å²) >= 11 is 0. The minimum absolute atomic E-state index is 0.606. The van der Waals surface area contributed by atoms with Gasteiger partial charge in [-0.15, -0.1) is 0 Å². The topological polar surface area (TPSA) is 26.0 Å². The molecule has 1 heteroatoms. The van der Waals surface area contributed by atoms with Crippen LogP contribution in [0.25, 0.3) is 0 Å². The molecule has 1 atom stereocenters. The lowest BCUT2D eigenvalue weighted by Gasteiger charge is -2.23. The fraction of sp³-hybridized carbons (Fsp3) is 0.571. The van der Waals surface area contributed by atoms with Gasteiger partial charge >= 0.3 is 0 Å². The third-order valence-corrected chi connectivity index (χ3v) is 3.33. The van der Waals surface area contributed by atoms with Gasteiger partial charge in [0, 0.05) is 0 Å². The van der Waals surface area contributed by atoms with Crippen molar-refractivity contribution in [2.24, 2.45) is 11.7 Å². The van der Waals surface area contributed by atoms with E-state index in [9.17, 15) is 0 Å². The van der Waals surface area contributed by atoms with Gasteiger partial charge in [0.25, 0.3) is 0 Å². The normalized spacial score (nSPS) is 13.2. The molecule has 0 bridgehead atoms. The molecule has 0 heterocycles. The summed E-state index contributed by atoms with van der Waals surface area (Å²) in [5.41, 5.74) is 9.99. The zero-order valence-electron chi connectivity index (χ0n) is 10.4. The highest BCUT2D eigenvalue weighted by Gasteiger charge is 2.17. The Kier molecular flexibility index (Phi) is 4.34. The maximum atomic E-state index is 5.69. The number of hydrogen-bond acceptors (Lipinski definition) is 1. The van der Waals surface area contributed by atoms with Crippen LogP contribution in [0, 0.1) is 19.8 Å². The van der Waals surface area contributed by atoms with Gasteiger partial charge in [-0.3, -0.25) is 0 Å². The number of aryl methyl sites for hydroxylation is 1. The average Bonchev–Trinajstić information content (AvgIpc) is 2.19. The second-order valence-corrected chi connectivity index (χ2v) is 4.72. The van der Waals surface area contributed by atoms with Crippen LogP contribution in [0.3, 0.4) is 0 Å². The predicted molar refractivity (Wildman–Crippen MR) is 67.2 cm³/mol. The van der Waals surface area contributed by atoms with Gasteiger partial charge in [-0.1, -0.05) is 32.0 Å². The molecule has 0 amide bonds. The molecule has 1 unspecified atom stereocenters. The minimum atomic E-state index is 0.606. The van der Waals surface area contributed by atoms with Gasteiger partial charge in [0.2, 0.25) is 0 Å². The molecule has 0 aliphatic heterocycles. The lowest BCUT2D eigenvalue weighted by Crippen LogP contribution is -2.14. The SMILES string of the molecule is Cc1cccc(C(CCN)C(C)C)c1C. The fourth-order valence-corrected chi connectivity index (χ4v) is 2.20. The molecule has 0 saturated carbocycles. The fourth-order valence-electron chi connectivity index (χ4n) is 2.20. The van der Waals surface area contributed by atoms with Crippen molar-refractivity contribution in [3.05, 3.63) is 34.9 Å². The van der Waals surface area contributed by atoms with E-state index in [4.69, 9.17) is 5.73 Å². The third-order valence-electron chi connectivity index (χ3n) is 3.33. The molecule has 1 aromatic rings. The smallest absolute Gasteiger partial charge is 0.00713 e. The second kappa shape index (κ2) is 5.32. The van der Waals surface area contributed by atoms with Gasteiger partial charge in [-0.25, -0.2) is 0 Å². The first-order valence-electron chi connectivity index (χ1n) is 5.84. The Bertz CT molecular complexity index is 315. The van der Waals surface area contributed by atoms with Crippen LogP contribution in [0.4, 0.5) is 0 Å². The molecule has 2 N–H and O–H groups in total. The van der Waals surface area contributed by atoms with Gasteiger partial charge in [0.05, 0.1) is 0 Å². The van der Waals surface area contributed by atoms with Crippen molar-refractivity contribution < 1.29 is 0 Å². The number of benzene rings is 1. The van der Waals surface area contributed by atoms with Crippen LogP contribution in [-0.4, -0.2) is 6.54 Å². The standard InChI is InChI=1S/C14H23N/c1-10(2)13(8-9-15)14-7-5-6-11(3)12(14)4/h5-7,10,13H,8-9,15H2,1-4H3. The number of hydrogen-bond donors (Lipinski definition) is 1. The van der Waals surface area contributed by atoms with Gasteiger partial charge in [-0.05, 0) is 55.3 Å². The Labute approximate surface area is 93.7 Å². The molecule has 0 spiro atoms. The van der Waals surface area contributed by atoms with Gasteiger partial charge in [0.1, 0.15) is 0 Å². The maximum absolute atomic E-state index is 5.69. The molecule has 84 valence electrons. The minimum Gasteiger partial charge on any atom is -0.330 e. The van der Waals surface area contributed by atoms with E-state index in [0.29, 0.717) is 11.8 Å². The van der Waals surface area contributed by atoms with Crippen LogP contribution >= 0.6 is 0 Å². The number of rotatable bonds is 4. The Morgan fingerprint density at radius 2 is 1.87 bits per heavy atom. The van der Waals surface area contributed by atoms with E-state index in [2.05, 4.69) is 45.9 Å². The Balaban J connectivity index is 3.05. The van der Waals surface area contributed by atoms with E-state index in [1.165, 1.54) is 16.7 Å². The summed E-state index contributed by atoms with van der Waals surface area (Å²) < 4.78 is 0. The van der Waals surface area contributed by atoms with E-state index in [-0.39, 0.29) is 0 Å². The molecule has 15 heavy (non-hydrogen) atoms. The molecule has 0 saturated heterocycles. The average molecular weight is 205 g/mol. The molecule has 0 aromatic heterocycles. The summed E-state index contributed by atoms with van der Waals surface area (Å²) in [6, 6.07) is 6.59. The first-order chi connectivity index (χ1) is 7.07. The lowest BCUT2D eigenvalue weighted by atomic mass is 9.82. The zero-order chi connectivity index (χ0) is 11.4. The van der Waals surface area contributed by atoms with Crippen LogP contribution in [0.2, 0.25) is 0 Å². The van der Waals surface area contributed by atoms with Crippen molar-refractivity contribution in [1.29, 1.82) is 0 Å². The van der Waals surface area contributed by atoms with E-state index in [0.717, 1.165) is 13.0 Å². The van der Waals surface area contributed by atoms with Crippen molar-refractivity contribution in [2.75, 3.05) is 6.54 Å². The van der Waals surface area contributed by atoms with Crippen molar-refractivity contribution in [1.82, 2.24) is 0 Å². The first-order valence-corrected chi connectivity index (χ1v) is 5.84. The monoisotopic (exact) mass is 205 g/mol. The van der Waals surface area contributed by atoms with Crippen LogP contribution in [-0.2, 0) is 0 Å². The van der Waals surface area contributed by atoms with E-state index < -0.39 is 0 Å². The summed E-state index contributed by atoms with van der Waals surface area (Å²) in [7, 11) is 0. The highest BCUT2D eigenvalue weighted by Crippen LogP contribution is 2.30. The molecule has 0 aliphatic rings. The van der Waals surface area contributed by atoms with Crippen molar-refractivity contribution in [2.45, 2.75) is 40.0 Å². The Hall–Kier alpha value is -0.820. The van der Waals surface area contributed by atoms with Crippen LogP contribution in [0.15, 0.2) is 18.2 Å². The molecular weight excluding hydrogens is 182 g/mol. The van der Waals surface area contributed by atoms with Gasteiger partial charge in [0.15, 0.2) is 0 Å². The Morgan fingerprint density at radius 3 is 2.40 bits per heavy atom. The lowest BCUT2D eigenvalue weighted by molar-refractivity contribution is 0.471. The molecule has 0 fully saturated rings. The van der Waals surface area contributed by atoms with Crippen molar-refractivity contribution >= 4 is 0 Å². The van der Waals surface area contributed by atoms with E-state index >= 15 is 0 Å². The predicted octanol–water partition coefficient (Wildman–Crippen LogP) is 3.39. The highest BCUT2D eigenvalue weighted by molar-refractivity contribution is 5.35. The molecule has 1 rings (SSSR count). The quantitative estimate of drug-likeness (QED) is 0.801. The Morgan fingerprint density at radius 1 is 1.20 bits per heavy atom. The maximum Gasteiger partial charge on any atom is -0.00713 e. The summed E-state index contributed by atoms with van der Waals surface area (Å²) in [6.45, 7) is 9.73. The van der Waals surface area contributed by atoms with Gasteiger partial charge < -0.3 is 5.73 Å². The number of nitrogens with two attached hydrogens (primary N) is 1. The van der Waals surface area contributed by atoms with Crippen LogP contribution in [0.1, 0.15) is 42.9 Å². The van der Waals surface area contributed by atoms with Crippen LogP contribution < -0.4 is 5.73 Å². The summed E-state index contributed by atoms with van der Waals surface area (Å²) in [5.74, 6) is 1.27. The van der Waals surface area contributed by atoms with Crippen molar-refractivity contribution in [3.8, 4) is 0 Å². The van der Waals surface area contributed by atoms with Crippen molar-refractivity contribution in [3.63, 3.8) is 0 Å². The highest BCUT2D eigenvalue weighted by atomic mass is 14.5. The van der Waals surface area contributed by atoms with Gasteiger partial charge in [-0.2, -0.15) is 0 Å². The second-order valence-electron chi connectivity index (χ2n) is 4.72. The summed E-state index contributed by atoms with van der Waals surface area (Å²) in [4.78, 5) is 0. The molecule has 1 aromatic carbocycles.